The van der Waals surface area contributed by atoms with Crippen LogP contribution in [0.5, 0.6) is 0 Å². The Hall–Kier alpha value is -3.69. The van der Waals surface area contributed by atoms with Crippen LogP contribution in [-0.4, -0.2) is 72.3 Å². The summed E-state index contributed by atoms with van der Waals surface area (Å²) in [5, 5.41) is 1.38. The van der Waals surface area contributed by atoms with Gasteiger partial charge in [-0.05, 0) is 49.4 Å². The third-order valence-electron chi connectivity index (χ3n) is 6.33. The molecule has 0 spiro atoms. The molecule has 2 amide bonds. The summed E-state index contributed by atoms with van der Waals surface area (Å²) in [4.78, 5) is 40.9. The van der Waals surface area contributed by atoms with Crippen molar-refractivity contribution in [2.24, 2.45) is 10.7 Å². The molecule has 4 N–H and O–H groups in total. The molecule has 4 rings (SSSR count). The monoisotopic (exact) mass is 490 g/mol. The molecule has 190 valence electrons. The lowest BCUT2D eigenvalue weighted by atomic mass is 10.0. The van der Waals surface area contributed by atoms with Crippen LogP contribution < -0.4 is 11.5 Å². The highest BCUT2D eigenvalue weighted by Gasteiger charge is 2.24. The zero-order chi connectivity index (χ0) is 25.7. The van der Waals surface area contributed by atoms with Crippen molar-refractivity contribution < 1.29 is 14.4 Å². The van der Waals surface area contributed by atoms with Crippen LogP contribution in [0.15, 0.2) is 53.0 Å². The molecule has 2 aliphatic heterocycles. The number of nitrogen functional groups attached to an aromatic ring is 1. The second-order valence-corrected chi connectivity index (χ2v) is 9.24. The molecule has 1 fully saturated rings. The minimum absolute atomic E-state index is 0.0191. The van der Waals surface area contributed by atoms with E-state index in [2.05, 4.69) is 16.9 Å². The number of aliphatic imine (C=N–C) groups is 1. The number of hydrogen-bond donors (Lipinski definition) is 2. The van der Waals surface area contributed by atoms with Crippen LogP contribution in [-0.2, 0) is 16.2 Å². The average Bonchev–Trinajstić information content (AvgIpc) is 3.04. The van der Waals surface area contributed by atoms with Gasteiger partial charge in [0.1, 0.15) is 12.4 Å². The number of rotatable bonds is 7. The van der Waals surface area contributed by atoms with Gasteiger partial charge in [-0.3, -0.25) is 14.4 Å². The van der Waals surface area contributed by atoms with Gasteiger partial charge < -0.3 is 21.3 Å². The number of nitrogens with two attached hydrogens (primary N) is 2. The minimum atomic E-state index is -0.254. The van der Waals surface area contributed by atoms with E-state index < -0.39 is 0 Å². The number of nitrogens with zero attached hydrogens (tertiary/aromatic N) is 4. The van der Waals surface area contributed by atoms with Crippen molar-refractivity contribution in [3.8, 4) is 0 Å². The highest BCUT2D eigenvalue weighted by molar-refractivity contribution is 6.05. The second-order valence-electron chi connectivity index (χ2n) is 9.24. The molecule has 2 aromatic carbocycles. The van der Waals surface area contributed by atoms with Crippen molar-refractivity contribution in [3.05, 3.63) is 64.7 Å². The summed E-state index contributed by atoms with van der Waals surface area (Å²) in [6.07, 6.45) is 2.72. The van der Waals surface area contributed by atoms with Crippen LogP contribution in [0, 0.1) is 0 Å². The molecule has 0 bridgehead atoms. The number of hydroxylamine groups is 2. The van der Waals surface area contributed by atoms with E-state index in [0.717, 1.165) is 30.6 Å². The average molecular weight is 491 g/mol. The highest BCUT2D eigenvalue weighted by atomic mass is 16.7. The Balaban J connectivity index is 1.52. The minimum Gasteiger partial charge on any atom is -0.399 e. The van der Waals surface area contributed by atoms with Crippen LogP contribution >= 0.6 is 0 Å². The zero-order valence-corrected chi connectivity index (χ0v) is 20.9. The van der Waals surface area contributed by atoms with E-state index in [1.807, 2.05) is 30.0 Å². The maximum atomic E-state index is 13.4. The number of anilines is 1. The van der Waals surface area contributed by atoms with Gasteiger partial charge >= 0.3 is 0 Å². The number of hydrogen-bond acceptors (Lipinski definition) is 7. The number of fused-ring (bicyclic) bond motifs is 1. The molecule has 2 aromatic rings. The molecule has 0 radical (unpaired) electrons. The molecule has 0 aliphatic carbocycles. The van der Waals surface area contributed by atoms with Crippen LogP contribution in [0.1, 0.15) is 41.3 Å². The van der Waals surface area contributed by atoms with Crippen molar-refractivity contribution >= 4 is 35.1 Å². The Morgan fingerprint density at radius 1 is 1.06 bits per heavy atom. The molecule has 0 aromatic heterocycles. The second kappa shape index (κ2) is 11.4. The molecule has 36 heavy (non-hydrogen) atoms. The van der Waals surface area contributed by atoms with E-state index >= 15 is 0 Å². The van der Waals surface area contributed by atoms with Gasteiger partial charge in [-0.25, -0.2) is 10.1 Å². The number of carbonyl (C=O) groups excluding carboxylic acids is 2. The third-order valence-corrected chi connectivity index (χ3v) is 6.33. The predicted molar refractivity (Wildman–Crippen MR) is 141 cm³/mol. The van der Waals surface area contributed by atoms with E-state index in [9.17, 15) is 9.59 Å². The first-order chi connectivity index (χ1) is 17.3. The number of amides is 2. The summed E-state index contributed by atoms with van der Waals surface area (Å²) in [5.41, 5.74) is 15.9. The Bertz CT molecular complexity index is 1170. The highest BCUT2D eigenvalue weighted by Crippen LogP contribution is 2.29. The fourth-order valence-corrected chi connectivity index (χ4v) is 4.21. The smallest absolute Gasteiger partial charge is 0.273 e. The summed E-state index contributed by atoms with van der Waals surface area (Å²) in [7, 11) is 2.05. The van der Waals surface area contributed by atoms with Gasteiger partial charge in [0.2, 0.25) is 0 Å². The van der Waals surface area contributed by atoms with Crippen molar-refractivity contribution in [1.82, 2.24) is 14.9 Å². The summed E-state index contributed by atoms with van der Waals surface area (Å²) in [6, 6.07) is 12.7. The molecule has 2 heterocycles. The molecule has 2 aliphatic rings. The largest absolute Gasteiger partial charge is 0.399 e. The van der Waals surface area contributed by atoms with E-state index in [-0.39, 0.29) is 24.8 Å². The van der Waals surface area contributed by atoms with Crippen LogP contribution in [0.4, 0.5) is 11.4 Å². The van der Waals surface area contributed by atoms with Gasteiger partial charge in [0, 0.05) is 61.5 Å². The van der Waals surface area contributed by atoms with E-state index in [1.165, 1.54) is 5.06 Å². The lowest BCUT2D eigenvalue weighted by Crippen LogP contribution is -2.47. The van der Waals surface area contributed by atoms with Gasteiger partial charge in [-0.15, -0.1) is 0 Å². The quantitative estimate of drug-likeness (QED) is 0.455. The number of amidine groups is 1. The lowest BCUT2D eigenvalue weighted by Gasteiger charge is -2.32. The Morgan fingerprint density at radius 2 is 1.78 bits per heavy atom. The summed E-state index contributed by atoms with van der Waals surface area (Å²) >= 11 is 0. The summed E-state index contributed by atoms with van der Waals surface area (Å²) < 4.78 is 0. The van der Waals surface area contributed by atoms with Gasteiger partial charge in [-0.2, -0.15) is 0 Å². The Labute approximate surface area is 212 Å². The Morgan fingerprint density at radius 3 is 2.47 bits per heavy atom. The van der Waals surface area contributed by atoms with Crippen molar-refractivity contribution in [1.29, 1.82) is 0 Å². The van der Waals surface area contributed by atoms with Crippen molar-refractivity contribution in [2.45, 2.75) is 26.4 Å². The summed E-state index contributed by atoms with van der Waals surface area (Å²) in [5.74, 6) is 0.0396. The summed E-state index contributed by atoms with van der Waals surface area (Å²) in [6.45, 7) is 5.76. The maximum absolute atomic E-state index is 13.4. The molecule has 0 atom stereocenters. The molecule has 9 nitrogen and oxygen atoms in total. The van der Waals surface area contributed by atoms with Crippen molar-refractivity contribution in [2.75, 3.05) is 45.5 Å². The van der Waals surface area contributed by atoms with Crippen LogP contribution in [0.2, 0.25) is 0 Å². The molecule has 1 saturated heterocycles. The first-order valence-electron chi connectivity index (χ1n) is 12.3. The first-order valence-corrected chi connectivity index (χ1v) is 12.3. The van der Waals surface area contributed by atoms with Gasteiger partial charge in [-0.1, -0.05) is 25.1 Å². The number of benzene rings is 2. The maximum Gasteiger partial charge on any atom is 0.273 e. The number of piperazine rings is 1. The SMILES string of the molecule is CCCN(OCc1ccc(N)cc1)C(=O)C1=Cc2ccc(C(=O)N3CCN(C)CC3)cc2N=C(N)C1. The fraction of sp³-hybridized carbons (Fsp3) is 0.370. The standard InChI is InChI=1S/C27H34N6O3/c1-3-10-33(36-18-19-4-8-23(28)9-5-19)27(35)22-15-20-6-7-21(16-24(20)30-25(29)17-22)26(34)32-13-11-31(2)12-14-32/h4-9,15-16H,3,10-14,17-18,28H2,1-2H3,(H2,29,30). The van der Waals surface area contributed by atoms with Crippen LogP contribution in [0.25, 0.3) is 6.08 Å². The van der Waals surface area contributed by atoms with E-state index in [1.54, 1.807) is 30.3 Å². The Kier molecular flexibility index (Phi) is 8.02. The third kappa shape index (κ3) is 6.10. The molecular weight excluding hydrogens is 456 g/mol. The van der Waals surface area contributed by atoms with Crippen molar-refractivity contribution in [3.63, 3.8) is 0 Å². The van der Waals surface area contributed by atoms with Gasteiger partial charge in [0.05, 0.1) is 5.69 Å². The van der Waals surface area contributed by atoms with E-state index in [4.69, 9.17) is 16.3 Å². The number of carbonyl (C=O) groups is 2. The topological polar surface area (TPSA) is 117 Å². The fourth-order valence-electron chi connectivity index (χ4n) is 4.21. The normalized spacial score (nSPS) is 16.0. The van der Waals surface area contributed by atoms with Gasteiger partial charge in [0.15, 0.2) is 0 Å². The van der Waals surface area contributed by atoms with Gasteiger partial charge in [0.25, 0.3) is 11.8 Å². The molecule has 9 heteroatoms. The first kappa shape index (κ1) is 25.4. The predicted octanol–water partition coefficient (Wildman–Crippen LogP) is 2.80. The van der Waals surface area contributed by atoms with Crippen LogP contribution in [0.3, 0.4) is 0 Å². The zero-order valence-electron chi connectivity index (χ0n) is 20.9. The van der Waals surface area contributed by atoms with E-state index in [0.29, 0.717) is 48.0 Å². The lowest BCUT2D eigenvalue weighted by molar-refractivity contribution is -0.187. The molecular formula is C27H34N6O3. The molecule has 0 saturated carbocycles. The molecule has 0 unspecified atom stereocenters. The number of likely N-dealkylation sites (N-methyl/N-ethyl adjacent to an activating group) is 1.